The molecule has 0 saturated carbocycles. The second-order valence-electron chi connectivity index (χ2n) is 7.48. The molecule has 31 heavy (non-hydrogen) atoms. The minimum atomic E-state index is -0.311. The monoisotopic (exact) mass is 434 g/mol. The van der Waals surface area contributed by atoms with Crippen molar-refractivity contribution < 1.29 is 14.3 Å². The molecule has 0 aliphatic rings. The Kier molecular flexibility index (Phi) is 6.20. The fraction of sp³-hybridized carbons (Fsp3) is 0.280. The van der Waals surface area contributed by atoms with E-state index in [9.17, 15) is 4.79 Å². The normalized spacial score (nSPS) is 12.1. The number of thiazole rings is 1. The zero-order valence-electron chi connectivity index (χ0n) is 18.3. The van der Waals surface area contributed by atoms with Gasteiger partial charge in [0.15, 0.2) is 4.80 Å². The van der Waals surface area contributed by atoms with Crippen LogP contribution < -0.4 is 9.54 Å². The fourth-order valence-corrected chi connectivity index (χ4v) is 4.92. The maximum absolute atomic E-state index is 13.3. The smallest absolute Gasteiger partial charge is 0.283 e. The molecule has 5 nitrogen and oxygen atoms in total. The van der Waals surface area contributed by atoms with Crippen LogP contribution in [0.4, 0.5) is 0 Å². The molecule has 0 spiro atoms. The van der Waals surface area contributed by atoms with E-state index in [2.05, 4.69) is 35.5 Å². The van der Waals surface area contributed by atoms with E-state index in [-0.39, 0.29) is 5.91 Å². The molecule has 0 atom stereocenters. The summed E-state index contributed by atoms with van der Waals surface area (Å²) in [5.74, 6) is 0.218. The van der Waals surface area contributed by atoms with Gasteiger partial charge in [-0.25, -0.2) is 0 Å². The largest absolute Gasteiger partial charge is 0.496 e. The molecule has 1 heterocycles. The zero-order valence-corrected chi connectivity index (χ0v) is 19.1. The molecule has 4 aromatic rings. The number of ether oxygens (including phenoxy) is 2. The Bertz CT molecular complexity index is 1330. The van der Waals surface area contributed by atoms with Gasteiger partial charge < -0.3 is 14.0 Å². The van der Waals surface area contributed by atoms with Crippen LogP contribution in [0.2, 0.25) is 0 Å². The van der Waals surface area contributed by atoms with Crippen molar-refractivity contribution in [1.82, 2.24) is 4.57 Å². The lowest BCUT2D eigenvalue weighted by molar-refractivity contribution is 0.0994. The summed E-state index contributed by atoms with van der Waals surface area (Å²) in [6.45, 7) is 8.01. The van der Waals surface area contributed by atoms with Crippen LogP contribution in [-0.2, 0) is 11.3 Å². The van der Waals surface area contributed by atoms with E-state index in [1.54, 1.807) is 7.11 Å². The van der Waals surface area contributed by atoms with Crippen molar-refractivity contribution in [2.24, 2.45) is 4.99 Å². The fourth-order valence-electron chi connectivity index (χ4n) is 3.82. The number of carbonyl (C=O) groups excluding carboxylic acids is 1. The number of nitrogens with zero attached hydrogens (tertiary/aromatic N) is 2. The van der Waals surface area contributed by atoms with E-state index in [0.29, 0.717) is 35.9 Å². The van der Waals surface area contributed by atoms with E-state index in [0.717, 1.165) is 21.0 Å². The number of aromatic nitrogens is 1. The number of rotatable bonds is 6. The van der Waals surface area contributed by atoms with Gasteiger partial charge in [-0.1, -0.05) is 41.7 Å². The Balaban J connectivity index is 1.87. The molecule has 0 bridgehead atoms. The lowest BCUT2D eigenvalue weighted by atomic mass is 10.1. The molecule has 3 aromatic carbocycles. The molecule has 1 aromatic heterocycles. The maximum atomic E-state index is 13.3. The number of fused-ring (bicyclic) bond motifs is 2. The molecule has 0 aliphatic carbocycles. The van der Waals surface area contributed by atoms with Gasteiger partial charge in [-0.15, -0.1) is 0 Å². The molecule has 6 heteroatoms. The summed E-state index contributed by atoms with van der Waals surface area (Å²) >= 11 is 1.54. The van der Waals surface area contributed by atoms with Crippen molar-refractivity contribution in [3.63, 3.8) is 0 Å². The van der Waals surface area contributed by atoms with Gasteiger partial charge in [0.1, 0.15) is 5.75 Å². The van der Waals surface area contributed by atoms with Gasteiger partial charge in [0, 0.05) is 13.2 Å². The standard InChI is InChI=1S/C25H26N2O3S/c1-5-30-11-10-27-21-13-16(2)12-17(3)23(21)31-25(27)26-24(28)20-14-18-8-6-7-9-19(18)15-22(20)29-4/h6-9,12-15H,5,10-11H2,1-4H3. The van der Waals surface area contributed by atoms with Crippen LogP contribution in [0.3, 0.4) is 0 Å². The minimum Gasteiger partial charge on any atom is -0.496 e. The summed E-state index contributed by atoms with van der Waals surface area (Å²) in [5, 5.41) is 2.00. The quantitative estimate of drug-likeness (QED) is 0.389. The lowest BCUT2D eigenvalue weighted by Gasteiger charge is -2.08. The number of benzene rings is 3. The van der Waals surface area contributed by atoms with Crippen LogP contribution in [0, 0.1) is 13.8 Å². The first kappa shape index (κ1) is 21.3. The minimum absolute atomic E-state index is 0.311. The average Bonchev–Trinajstić information content (AvgIpc) is 3.10. The number of amides is 1. The summed E-state index contributed by atoms with van der Waals surface area (Å²) in [5.41, 5.74) is 3.91. The summed E-state index contributed by atoms with van der Waals surface area (Å²) in [4.78, 5) is 18.5. The van der Waals surface area contributed by atoms with Gasteiger partial charge >= 0.3 is 0 Å². The second-order valence-corrected chi connectivity index (χ2v) is 8.46. The third-order valence-electron chi connectivity index (χ3n) is 5.27. The summed E-state index contributed by atoms with van der Waals surface area (Å²) < 4.78 is 14.3. The van der Waals surface area contributed by atoms with Crippen LogP contribution in [0.1, 0.15) is 28.4 Å². The summed E-state index contributed by atoms with van der Waals surface area (Å²) in [6.07, 6.45) is 0. The summed E-state index contributed by atoms with van der Waals surface area (Å²) in [6, 6.07) is 16.0. The predicted octanol–water partition coefficient (Wildman–Crippen LogP) is 5.26. The van der Waals surface area contributed by atoms with E-state index in [1.807, 2.05) is 43.3 Å². The maximum Gasteiger partial charge on any atom is 0.283 e. The highest BCUT2D eigenvalue weighted by molar-refractivity contribution is 7.16. The molecule has 0 radical (unpaired) electrons. The van der Waals surface area contributed by atoms with Gasteiger partial charge in [-0.05, 0) is 60.9 Å². The topological polar surface area (TPSA) is 52.8 Å². The molecule has 0 N–H and O–H groups in total. The van der Waals surface area contributed by atoms with Crippen molar-refractivity contribution in [3.05, 3.63) is 70.0 Å². The first-order valence-electron chi connectivity index (χ1n) is 10.4. The molecule has 1 amide bonds. The molecule has 0 unspecified atom stereocenters. The number of hydrogen-bond acceptors (Lipinski definition) is 4. The zero-order chi connectivity index (χ0) is 22.0. The van der Waals surface area contributed by atoms with Gasteiger partial charge in [0.2, 0.25) is 0 Å². The highest BCUT2D eigenvalue weighted by atomic mass is 32.1. The van der Waals surface area contributed by atoms with Gasteiger partial charge in [0.25, 0.3) is 5.91 Å². The molecule has 4 rings (SSSR count). The molecule has 0 aliphatic heterocycles. The van der Waals surface area contributed by atoms with Gasteiger partial charge in [0.05, 0.1) is 29.5 Å². The third-order valence-corrected chi connectivity index (χ3v) is 6.50. The number of aryl methyl sites for hydroxylation is 2. The highest BCUT2D eigenvalue weighted by Gasteiger charge is 2.15. The van der Waals surface area contributed by atoms with Crippen LogP contribution in [0.25, 0.3) is 21.0 Å². The highest BCUT2D eigenvalue weighted by Crippen LogP contribution is 2.27. The first-order chi connectivity index (χ1) is 15.0. The SMILES string of the molecule is CCOCCn1c(=NC(=O)c2cc3ccccc3cc2OC)sc2c(C)cc(C)cc21. The lowest BCUT2D eigenvalue weighted by Crippen LogP contribution is -2.20. The van der Waals surface area contributed by atoms with E-state index in [4.69, 9.17) is 9.47 Å². The molecule has 160 valence electrons. The molecular weight excluding hydrogens is 408 g/mol. The number of methoxy groups -OCH3 is 1. The summed E-state index contributed by atoms with van der Waals surface area (Å²) in [7, 11) is 1.58. The van der Waals surface area contributed by atoms with Crippen LogP contribution >= 0.6 is 11.3 Å². The van der Waals surface area contributed by atoms with Gasteiger partial charge in [-0.2, -0.15) is 4.99 Å². The van der Waals surface area contributed by atoms with E-state index < -0.39 is 0 Å². The average molecular weight is 435 g/mol. The Morgan fingerprint density at radius 1 is 1.10 bits per heavy atom. The van der Waals surface area contributed by atoms with Crippen molar-refractivity contribution >= 4 is 38.2 Å². The van der Waals surface area contributed by atoms with Crippen LogP contribution in [0.15, 0.2) is 53.5 Å². The van der Waals surface area contributed by atoms with Crippen molar-refractivity contribution in [2.75, 3.05) is 20.3 Å². The van der Waals surface area contributed by atoms with E-state index >= 15 is 0 Å². The Morgan fingerprint density at radius 2 is 1.84 bits per heavy atom. The van der Waals surface area contributed by atoms with Crippen molar-refractivity contribution in [1.29, 1.82) is 0 Å². The van der Waals surface area contributed by atoms with Crippen molar-refractivity contribution in [2.45, 2.75) is 27.3 Å². The molecule has 0 fully saturated rings. The Morgan fingerprint density at radius 3 is 2.55 bits per heavy atom. The number of carbonyl (C=O) groups is 1. The van der Waals surface area contributed by atoms with Crippen molar-refractivity contribution in [3.8, 4) is 5.75 Å². The molecule has 0 saturated heterocycles. The van der Waals surface area contributed by atoms with Crippen LogP contribution in [-0.4, -0.2) is 30.8 Å². The Labute approximate surface area is 185 Å². The van der Waals surface area contributed by atoms with Crippen LogP contribution in [0.5, 0.6) is 5.75 Å². The van der Waals surface area contributed by atoms with Gasteiger partial charge in [-0.3, -0.25) is 4.79 Å². The molecular formula is C25H26N2O3S. The second kappa shape index (κ2) is 9.04. The first-order valence-corrected chi connectivity index (χ1v) is 11.2. The predicted molar refractivity (Wildman–Crippen MR) is 126 cm³/mol. The van der Waals surface area contributed by atoms with E-state index in [1.165, 1.54) is 22.5 Å². The Hall–Kier alpha value is -2.96. The number of hydrogen-bond donors (Lipinski definition) is 0. The third kappa shape index (κ3) is 4.27.